The van der Waals surface area contributed by atoms with E-state index in [9.17, 15) is 9.59 Å². The Morgan fingerprint density at radius 3 is 2.25 bits per heavy atom. The Kier molecular flexibility index (Phi) is 5.96. The molecule has 0 fully saturated rings. The molecule has 2 N–H and O–H groups in total. The fraction of sp³-hybridized carbons (Fsp3) is 0.143. The zero-order chi connectivity index (χ0) is 19.9. The molecule has 28 heavy (non-hydrogen) atoms. The summed E-state index contributed by atoms with van der Waals surface area (Å²) in [6.45, 7) is 2.07. The van der Waals surface area contributed by atoms with E-state index in [0.717, 1.165) is 11.3 Å². The van der Waals surface area contributed by atoms with Gasteiger partial charge < -0.3 is 15.4 Å². The molecule has 0 bridgehead atoms. The van der Waals surface area contributed by atoms with Crippen molar-refractivity contribution in [3.63, 3.8) is 0 Å². The van der Waals surface area contributed by atoms with Gasteiger partial charge in [-0.3, -0.25) is 9.59 Å². The van der Waals surface area contributed by atoms with Crippen LogP contribution in [0.4, 0.5) is 11.5 Å². The second-order valence-corrected chi connectivity index (χ2v) is 6.08. The number of nitrogens with one attached hydrogen (secondary N) is 2. The number of amides is 1. The van der Waals surface area contributed by atoms with Gasteiger partial charge in [0.2, 0.25) is 0 Å². The molecule has 2 aromatic carbocycles. The van der Waals surface area contributed by atoms with Crippen molar-refractivity contribution >= 4 is 23.2 Å². The molecule has 0 saturated carbocycles. The average molecular weight is 376 g/mol. The Bertz CT molecular complexity index is 952. The van der Waals surface area contributed by atoms with Gasteiger partial charge in [0, 0.05) is 17.8 Å². The van der Waals surface area contributed by atoms with E-state index in [0.29, 0.717) is 23.6 Å². The van der Waals surface area contributed by atoms with Crippen LogP contribution >= 0.6 is 0 Å². The van der Waals surface area contributed by atoms with E-state index in [1.807, 2.05) is 24.3 Å². The van der Waals surface area contributed by atoms with E-state index in [2.05, 4.69) is 20.6 Å². The number of methoxy groups -OCH3 is 1. The first-order valence-corrected chi connectivity index (χ1v) is 8.66. The molecule has 142 valence electrons. The molecule has 3 aromatic rings. The summed E-state index contributed by atoms with van der Waals surface area (Å²) >= 11 is 0. The predicted molar refractivity (Wildman–Crippen MR) is 107 cm³/mol. The molecule has 7 nitrogen and oxygen atoms in total. The number of carbonyl (C=O) groups excluding carboxylic acids is 2. The Balaban J connectivity index is 1.56. The third-order valence-corrected chi connectivity index (χ3v) is 4.07. The van der Waals surface area contributed by atoms with Gasteiger partial charge in [-0.15, -0.1) is 0 Å². The van der Waals surface area contributed by atoms with Crippen molar-refractivity contribution < 1.29 is 14.3 Å². The molecule has 1 heterocycles. The zero-order valence-corrected chi connectivity index (χ0v) is 15.6. The summed E-state index contributed by atoms with van der Waals surface area (Å²) in [7, 11) is 1.63. The summed E-state index contributed by atoms with van der Waals surface area (Å²) in [5, 5.41) is 5.88. The SMILES string of the molecule is COc1ccc(CNc2cnc(C(=O)Nc3ccc(C(C)=O)cc3)cn2)cc1. The van der Waals surface area contributed by atoms with Crippen molar-refractivity contribution in [1.82, 2.24) is 9.97 Å². The van der Waals surface area contributed by atoms with Gasteiger partial charge in [0.15, 0.2) is 5.78 Å². The number of carbonyl (C=O) groups is 2. The molecule has 1 aromatic heterocycles. The Morgan fingerprint density at radius 1 is 0.964 bits per heavy atom. The van der Waals surface area contributed by atoms with Crippen molar-refractivity contribution in [3.8, 4) is 5.75 Å². The highest BCUT2D eigenvalue weighted by Crippen LogP contribution is 2.13. The minimum absolute atomic E-state index is 0.0264. The number of nitrogens with zero attached hydrogens (tertiary/aromatic N) is 2. The smallest absolute Gasteiger partial charge is 0.275 e. The lowest BCUT2D eigenvalue weighted by Gasteiger charge is -2.08. The molecule has 0 atom stereocenters. The van der Waals surface area contributed by atoms with Gasteiger partial charge >= 0.3 is 0 Å². The molecule has 1 amide bonds. The first kappa shape index (κ1) is 19.0. The Labute approximate surface area is 162 Å². The molecule has 0 saturated heterocycles. The quantitative estimate of drug-likeness (QED) is 0.613. The van der Waals surface area contributed by atoms with E-state index < -0.39 is 0 Å². The first-order valence-electron chi connectivity index (χ1n) is 8.66. The summed E-state index contributed by atoms with van der Waals surface area (Å²) in [6, 6.07) is 14.4. The van der Waals surface area contributed by atoms with E-state index in [4.69, 9.17) is 4.74 Å². The molecular formula is C21H20N4O3. The number of rotatable bonds is 7. The van der Waals surface area contributed by atoms with Crippen molar-refractivity contribution in [1.29, 1.82) is 0 Å². The van der Waals surface area contributed by atoms with Gasteiger partial charge in [0.25, 0.3) is 5.91 Å². The molecule has 0 radical (unpaired) electrons. The molecule has 0 spiro atoms. The van der Waals surface area contributed by atoms with Gasteiger partial charge in [0.1, 0.15) is 17.3 Å². The summed E-state index contributed by atoms with van der Waals surface area (Å²) in [4.78, 5) is 31.9. The second-order valence-electron chi connectivity index (χ2n) is 6.08. The highest BCUT2D eigenvalue weighted by atomic mass is 16.5. The number of hydrogen-bond acceptors (Lipinski definition) is 6. The van der Waals surface area contributed by atoms with E-state index >= 15 is 0 Å². The number of benzene rings is 2. The third kappa shape index (κ3) is 4.91. The zero-order valence-electron chi connectivity index (χ0n) is 15.6. The van der Waals surface area contributed by atoms with Crippen LogP contribution in [0.1, 0.15) is 33.3 Å². The largest absolute Gasteiger partial charge is 0.497 e. The summed E-state index contributed by atoms with van der Waals surface area (Å²) in [6.07, 6.45) is 2.92. The fourth-order valence-electron chi connectivity index (χ4n) is 2.46. The summed E-state index contributed by atoms with van der Waals surface area (Å²) in [5.74, 6) is 0.972. The molecule has 0 aliphatic carbocycles. The number of aromatic nitrogens is 2. The maximum atomic E-state index is 12.3. The maximum absolute atomic E-state index is 12.3. The number of anilines is 2. The number of ketones is 1. The van der Waals surface area contributed by atoms with E-state index in [1.165, 1.54) is 19.3 Å². The van der Waals surface area contributed by atoms with Crippen LogP contribution in [-0.2, 0) is 6.54 Å². The Morgan fingerprint density at radius 2 is 1.68 bits per heavy atom. The molecule has 3 rings (SSSR count). The number of ether oxygens (including phenoxy) is 1. The minimum Gasteiger partial charge on any atom is -0.497 e. The van der Waals surface area contributed by atoms with Gasteiger partial charge in [-0.2, -0.15) is 0 Å². The monoisotopic (exact) mass is 376 g/mol. The van der Waals surface area contributed by atoms with Gasteiger partial charge in [-0.1, -0.05) is 12.1 Å². The standard InChI is InChI=1S/C21H20N4O3/c1-14(26)16-5-7-17(8-6-16)25-21(27)19-12-24-20(13-22-19)23-11-15-3-9-18(28-2)10-4-15/h3-10,12-13H,11H2,1-2H3,(H,23,24)(H,25,27). The first-order chi connectivity index (χ1) is 13.5. The van der Waals surface area contributed by atoms with Crippen LogP contribution in [0.5, 0.6) is 5.75 Å². The third-order valence-electron chi connectivity index (χ3n) is 4.07. The fourth-order valence-corrected chi connectivity index (χ4v) is 2.46. The lowest BCUT2D eigenvalue weighted by Crippen LogP contribution is -2.14. The average Bonchev–Trinajstić information content (AvgIpc) is 2.73. The van der Waals surface area contributed by atoms with Gasteiger partial charge in [-0.25, -0.2) is 9.97 Å². The molecule has 0 aliphatic rings. The topological polar surface area (TPSA) is 93.2 Å². The second kappa shape index (κ2) is 8.77. The van der Waals surface area contributed by atoms with Gasteiger partial charge in [-0.05, 0) is 48.9 Å². The van der Waals surface area contributed by atoms with Crippen molar-refractivity contribution in [3.05, 3.63) is 77.7 Å². The lowest BCUT2D eigenvalue weighted by atomic mass is 10.1. The van der Waals surface area contributed by atoms with Gasteiger partial charge in [0.05, 0.1) is 19.5 Å². The van der Waals surface area contributed by atoms with Crippen molar-refractivity contribution in [2.45, 2.75) is 13.5 Å². The van der Waals surface area contributed by atoms with Crippen LogP contribution in [0.3, 0.4) is 0 Å². The summed E-state index contributed by atoms with van der Waals surface area (Å²) < 4.78 is 5.13. The maximum Gasteiger partial charge on any atom is 0.275 e. The Hall–Kier alpha value is -3.74. The highest BCUT2D eigenvalue weighted by Gasteiger charge is 2.09. The summed E-state index contributed by atoms with van der Waals surface area (Å²) in [5.41, 5.74) is 2.44. The van der Waals surface area contributed by atoms with E-state index in [1.54, 1.807) is 31.4 Å². The normalized spacial score (nSPS) is 10.2. The minimum atomic E-state index is -0.371. The van der Waals surface area contributed by atoms with Crippen molar-refractivity contribution in [2.24, 2.45) is 0 Å². The molecule has 7 heteroatoms. The van der Waals surface area contributed by atoms with Crippen LogP contribution in [0.15, 0.2) is 60.9 Å². The van der Waals surface area contributed by atoms with Crippen LogP contribution in [0.2, 0.25) is 0 Å². The van der Waals surface area contributed by atoms with Crippen LogP contribution in [-0.4, -0.2) is 28.8 Å². The number of Topliss-reactive ketones (excluding diaryl/α,β-unsaturated/α-hetero) is 1. The molecular weight excluding hydrogens is 356 g/mol. The predicted octanol–water partition coefficient (Wildman–Crippen LogP) is 3.55. The van der Waals surface area contributed by atoms with Crippen LogP contribution in [0.25, 0.3) is 0 Å². The molecule has 0 unspecified atom stereocenters. The van der Waals surface area contributed by atoms with E-state index in [-0.39, 0.29) is 17.4 Å². The van der Waals surface area contributed by atoms with Crippen molar-refractivity contribution in [2.75, 3.05) is 17.7 Å². The van der Waals surface area contributed by atoms with Crippen LogP contribution < -0.4 is 15.4 Å². The number of hydrogen-bond donors (Lipinski definition) is 2. The molecule has 0 aliphatic heterocycles. The lowest BCUT2D eigenvalue weighted by molar-refractivity contribution is 0.101. The van der Waals surface area contributed by atoms with Crippen LogP contribution in [0, 0.1) is 0 Å². The highest BCUT2D eigenvalue weighted by molar-refractivity contribution is 6.03.